The van der Waals surface area contributed by atoms with Crippen molar-refractivity contribution in [1.29, 1.82) is 0 Å². The van der Waals surface area contributed by atoms with Crippen molar-refractivity contribution < 1.29 is 6.48 Å². The molecule has 8 atom stereocenters. The molecule has 4 rings (SSSR count). The molecule has 4 aliphatic carbocycles. The van der Waals surface area contributed by atoms with Crippen LogP contribution in [0.5, 0.6) is 0 Å². The van der Waals surface area contributed by atoms with Gasteiger partial charge in [0.25, 0.3) is 0 Å². The largest absolute Gasteiger partial charge is 0.393 e. The number of fused-ring (bicyclic) bond motifs is 5. The molecule has 0 radical (unpaired) electrons. The zero-order valence-corrected chi connectivity index (χ0v) is 19.1. The number of aliphatic hydroxyl groups is 1. The van der Waals surface area contributed by atoms with Crippen LogP contribution in [-0.4, -0.2) is 11.2 Å². The van der Waals surface area contributed by atoms with Gasteiger partial charge < -0.3 is 5.11 Å². The molecule has 0 spiro atoms. The average Bonchev–Trinajstić information content (AvgIpc) is 3.03. The van der Waals surface area contributed by atoms with E-state index in [1.807, 2.05) is 0 Å². The van der Waals surface area contributed by atoms with Crippen LogP contribution < -0.4 is 0 Å². The van der Waals surface area contributed by atoms with Gasteiger partial charge >= 0.3 is 0 Å². The third kappa shape index (κ3) is 3.34. The van der Waals surface area contributed by atoms with Gasteiger partial charge in [-0.3, -0.25) is 0 Å². The molecule has 3 saturated carbocycles. The van der Waals surface area contributed by atoms with Gasteiger partial charge in [-0.15, -0.1) is 0 Å². The van der Waals surface area contributed by atoms with Gasteiger partial charge in [0, 0.05) is 0 Å². The molecule has 0 heterocycles. The van der Waals surface area contributed by atoms with Crippen molar-refractivity contribution in [2.75, 3.05) is 0 Å². The van der Waals surface area contributed by atoms with Crippen molar-refractivity contribution in [1.82, 2.24) is 0 Å². The molecule has 158 valence electrons. The predicted octanol–water partition coefficient (Wildman–Crippen LogP) is 7.31. The first kappa shape index (κ1) is 19.4. The summed E-state index contributed by atoms with van der Waals surface area (Å²) in [6.07, 6.45) is 14.6. The second-order valence-electron chi connectivity index (χ2n) is 11.6. The molecule has 0 amide bonds. The first-order chi connectivity index (χ1) is 13.7. The van der Waals surface area contributed by atoms with Crippen molar-refractivity contribution >= 4 is 0 Å². The van der Waals surface area contributed by atoms with Crippen LogP contribution in [0.25, 0.3) is 0 Å². The summed E-state index contributed by atoms with van der Waals surface area (Å²) in [5, 5.41) is 10.2. The van der Waals surface area contributed by atoms with Crippen molar-refractivity contribution in [2.45, 2.75) is 105 Å². The quantitative estimate of drug-likeness (QED) is 0.397. The summed E-state index contributed by atoms with van der Waals surface area (Å²) in [5.74, 6) is 4.15. The second kappa shape index (κ2) is 7.60. The lowest BCUT2D eigenvalue weighted by atomic mass is 9.47. The third-order valence-electron chi connectivity index (χ3n) is 9.92. The molecule has 0 aliphatic heterocycles. The Morgan fingerprint density at radius 3 is 2.75 bits per heavy atom. The Bertz CT molecular complexity index is 689. The van der Waals surface area contributed by atoms with Gasteiger partial charge in [-0.1, -0.05) is 44.0 Å². The second-order valence-corrected chi connectivity index (χ2v) is 11.6. The number of hydrogen-bond acceptors (Lipinski definition) is 1. The minimum atomic E-state index is -0.0980. The van der Waals surface area contributed by atoms with Gasteiger partial charge in [-0.05, 0) is 118 Å². The van der Waals surface area contributed by atoms with Crippen LogP contribution in [0.15, 0.2) is 23.3 Å². The highest BCUT2D eigenvalue weighted by Crippen LogP contribution is 2.67. The topological polar surface area (TPSA) is 20.2 Å². The Morgan fingerprint density at radius 2 is 2.00 bits per heavy atom. The summed E-state index contributed by atoms with van der Waals surface area (Å²) in [5.41, 5.74) is 3.64. The van der Waals surface area contributed by atoms with E-state index in [9.17, 15) is 5.11 Å². The minimum Gasteiger partial charge on any atom is -0.393 e. The van der Waals surface area contributed by atoms with Gasteiger partial charge in [0.1, 0.15) is 0 Å². The van der Waals surface area contributed by atoms with Gasteiger partial charge in [0.2, 0.25) is 0 Å². The van der Waals surface area contributed by atoms with E-state index in [0.717, 1.165) is 54.9 Å². The number of allylic oxidation sites excluding steroid dienone is 3. The first-order valence-electron chi connectivity index (χ1n) is 12.7. The van der Waals surface area contributed by atoms with E-state index in [1.165, 1.54) is 50.5 Å². The highest BCUT2D eigenvalue weighted by molar-refractivity contribution is 5.25. The van der Waals surface area contributed by atoms with Crippen LogP contribution >= 0.6 is 0 Å². The molecule has 0 aromatic rings. The fraction of sp³-hybridized carbons (Fsp3) is 0.852. The Hall–Kier alpha value is -0.560. The molecule has 28 heavy (non-hydrogen) atoms. The van der Waals surface area contributed by atoms with Gasteiger partial charge in [-0.2, -0.15) is 0 Å². The normalized spacial score (nSPS) is 46.6. The Balaban J connectivity index is 1.51. The smallest absolute Gasteiger partial charge is 0.0577 e. The SMILES string of the molecule is [2H][13C](CC[C@@H](C)[C@H]1CC[C@H]2[C@@H]3CC=C4C[C@@H](O)CC[C@]4(C)[C@H]3CC[C@]12C)=C(C)C. The number of rotatable bonds is 4. The predicted molar refractivity (Wildman–Crippen MR) is 119 cm³/mol. The van der Waals surface area contributed by atoms with Gasteiger partial charge in [0.05, 0.1) is 7.47 Å². The van der Waals surface area contributed by atoms with E-state index >= 15 is 0 Å². The fourth-order valence-corrected chi connectivity index (χ4v) is 8.37. The molecule has 0 unspecified atom stereocenters. The molecule has 1 N–H and O–H groups in total. The highest BCUT2D eigenvalue weighted by Gasteiger charge is 2.58. The highest BCUT2D eigenvalue weighted by atomic mass is 16.3. The maximum Gasteiger partial charge on any atom is 0.0577 e. The molecule has 0 aromatic carbocycles. The van der Waals surface area contributed by atoms with E-state index < -0.39 is 0 Å². The Morgan fingerprint density at radius 1 is 1.21 bits per heavy atom. The summed E-state index contributed by atoms with van der Waals surface area (Å²) >= 11 is 0. The van der Waals surface area contributed by atoms with Crippen molar-refractivity contribution in [3.05, 3.63) is 23.3 Å². The van der Waals surface area contributed by atoms with Crippen LogP contribution in [-0.2, 0) is 0 Å². The monoisotopic (exact) mass is 386 g/mol. The van der Waals surface area contributed by atoms with Crippen LogP contribution in [0.1, 0.15) is 100 Å². The fourth-order valence-electron chi connectivity index (χ4n) is 8.37. The van der Waals surface area contributed by atoms with E-state index in [0.29, 0.717) is 10.8 Å². The zero-order chi connectivity index (χ0) is 21.0. The van der Waals surface area contributed by atoms with Gasteiger partial charge in [-0.25, -0.2) is 0 Å². The van der Waals surface area contributed by atoms with Crippen molar-refractivity contribution in [2.24, 2.45) is 40.4 Å². The standard InChI is InChI=1S/C27H44O/c1-18(2)7-6-8-19(3)23-11-12-24-22-10-9-20-17-21(28)13-15-26(20,4)25(22)14-16-27(23,24)5/h7,9,19,21-25,28H,6,8,10-17H2,1-5H3/t19-,21+,22+,23-,24+,25+,26+,27-/m1/s1/i7+1D. The molecule has 0 aromatic heterocycles. The number of hydrogen-bond donors (Lipinski definition) is 1. The molecule has 4 aliphatic rings. The lowest BCUT2D eigenvalue weighted by molar-refractivity contribution is -0.0571. The van der Waals surface area contributed by atoms with Crippen LogP contribution in [0.2, 0.25) is 0 Å². The maximum absolute atomic E-state index is 10.2. The lowest BCUT2D eigenvalue weighted by Gasteiger charge is -2.58. The van der Waals surface area contributed by atoms with E-state index in [1.54, 1.807) is 5.57 Å². The molecule has 3 fully saturated rings. The van der Waals surface area contributed by atoms with Crippen LogP contribution in [0.4, 0.5) is 0 Å². The van der Waals surface area contributed by atoms with Crippen molar-refractivity contribution in [3.8, 4) is 0 Å². The maximum atomic E-state index is 10.2. The Labute approximate surface area is 175 Å². The van der Waals surface area contributed by atoms with E-state index in [2.05, 4.69) is 40.7 Å². The van der Waals surface area contributed by atoms with Crippen LogP contribution in [0.3, 0.4) is 0 Å². The molecule has 1 heteroatoms. The third-order valence-corrected chi connectivity index (χ3v) is 9.92. The first-order valence-corrected chi connectivity index (χ1v) is 12.2. The summed E-state index contributed by atoms with van der Waals surface area (Å²) in [7, 11) is 0. The molecular formula is C27H44O. The summed E-state index contributed by atoms with van der Waals surface area (Å²) < 4.78 is 8.22. The Kier molecular flexibility index (Phi) is 5.27. The molecule has 0 bridgehead atoms. The molecule has 1 nitrogen and oxygen atoms in total. The van der Waals surface area contributed by atoms with Gasteiger partial charge in [0.15, 0.2) is 0 Å². The minimum absolute atomic E-state index is 0.0980. The lowest BCUT2D eigenvalue weighted by Crippen LogP contribution is -2.50. The summed E-state index contributed by atoms with van der Waals surface area (Å²) in [6.45, 7) is 11.8. The van der Waals surface area contributed by atoms with E-state index in [4.69, 9.17) is 1.37 Å². The average molecular weight is 387 g/mol. The van der Waals surface area contributed by atoms with E-state index in [-0.39, 0.29) is 6.10 Å². The van der Waals surface area contributed by atoms with Crippen molar-refractivity contribution in [3.63, 3.8) is 0 Å². The summed E-state index contributed by atoms with van der Waals surface area (Å²) in [6, 6.07) is 0.859. The zero-order valence-electron chi connectivity index (χ0n) is 20.1. The summed E-state index contributed by atoms with van der Waals surface area (Å²) in [4.78, 5) is 0. The van der Waals surface area contributed by atoms with Crippen LogP contribution in [0, 0.1) is 40.4 Å². The molecule has 0 saturated heterocycles. The molecular weight excluding hydrogens is 341 g/mol. The number of aliphatic hydroxyl groups excluding tert-OH is 1.